The van der Waals surface area contributed by atoms with E-state index in [-0.39, 0.29) is 18.3 Å². The van der Waals surface area contributed by atoms with E-state index in [0.29, 0.717) is 46.0 Å². The molecule has 1 aliphatic heterocycles. The second-order valence-corrected chi connectivity index (χ2v) is 7.84. The van der Waals surface area contributed by atoms with E-state index < -0.39 is 23.8 Å². The number of methoxy groups -OCH3 is 3. The number of Topliss-reactive ketones (excluding diaryl/α,β-unsaturated/α-hetero) is 1. The van der Waals surface area contributed by atoms with Gasteiger partial charge >= 0.3 is 11.9 Å². The Bertz CT molecular complexity index is 1010. The van der Waals surface area contributed by atoms with Crippen molar-refractivity contribution in [2.45, 2.75) is 33.1 Å². The summed E-state index contributed by atoms with van der Waals surface area (Å²) in [6.07, 6.45) is 0.455. The fourth-order valence-corrected chi connectivity index (χ4v) is 4.61. The molecule has 1 heterocycles. The molecule has 1 aromatic rings. The van der Waals surface area contributed by atoms with Crippen LogP contribution in [0.1, 0.15) is 38.7 Å². The lowest BCUT2D eigenvalue weighted by Gasteiger charge is -2.38. The molecule has 0 bridgehead atoms. The SMILES string of the molecule is CCOC(=O)C1=C(C)NC2=C(C(=O)C(C(=O)OC)C(C)C2)C1c1cccc(OC)c1OC. The third kappa shape index (κ3) is 3.85. The zero-order chi connectivity index (χ0) is 23.6. The van der Waals surface area contributed by atoms with Crippen LogP contribution in [0, 0.1) is 11.8 Å². The Balaban J connectivity index is 2.28. The van der Waals surface area contributed by atoms with Gasteiger partial charge in [0.1, 0.15) is 5.92 Å². The lowest BCUT2D eigenvalue weighted by atomic mass is 9.69. The molecule has 3 unspecified atom stereocenters. The fourth-order valence-electron chi connectivity index (χ4n) is 4.61. The van der Waals surface area contributed by atoms with Crippen molar-refractivity contribution >= 4 is 17.7 Å². The van der Waals surface area contributed by atoms with Gasteiger partial charge in [-0.05, 0) is 32.3 Å². The van der Waals surface area contributed by atoms with Crippen LogP contribution in [-0.4, -0.2) is 45.7 Å². The number of esters is 2. The second-order valence-electron chi connectivity index (χ2n) is 7.84. The number of hydrogen-bond donors (Lipinski definition) is 1. The molecule has 3 atom stereocenters. The van der Waals surface area contributed by atoms with Gasteiger partial charge in [0.2, 0.25) is 0 Å². The van der Waals surface area contributed by atoms with Gasteiger partial charge in [0.05, 0.1) is 39.4 Å². The summed E-state index contributed by atoms with van der Waals surface area (Å²) in [6.45, 7) is 5.51. The maximum absolute atomic E-state index is 13.7. The van der Waals surface area contributed by atoms with Crippen LogP contribution in [0.25, 0.3) is 0 Å². The highest BCUT2D eigenvalue weighted by Crippen LogP contribution is 2.49. The number of benzene rings is 1. The first kappa shape index (κ1) is 23.4. The topological polar surface area (TPSA) is 100 Å². The Morgan fingerprint density at radius 1 is 1.16 bits per heavy atom. The predicted octanol–water partition coefficient (Wildman–Crippen LogP) is 2.88. The number of nitrogens with one attached hydrogen (secondary N) is 1. The number of hydrogen-bond acceptors (Lipinski definition) is 8. The monoisotopic (exact) mass is 443 g/mol. The van der Waals surface area contributed by atoms with Gasteiger partial charge in [-0.1, -0.05) is 19.1 Å². The largest absolute Gasteiger partial charge is 0.493 e. The molecular formula is C24H29NO7. The van der Waals surface area contributed by atoms with Gasteiger partial charge in [-0.2, -0.15) is 0 Å². The van der Waals surface area contributed by atoms with E-state index in [4.69, 9.17) is 18.9 Å². The van der Waals surface area contributed by atoms with Crippen LogP contribution in [0.2, 0.25) is 0 Å². The highest BCUT2D eigenvalue weighted by Gasteiger charge is 2.48. The van der Waals surface area contributed by atoms with E-state index in [1.54, 1.807) is 32.0 Å². The Kier molecular flexibility index (Phi) is 6.91. The number of allylic oxidation sites excluding steroid dienone is 3. The first-order chi connectivity index (χ1) is 15.3. The van der Waals surface area contributed by atoms with Crippen molar-refractivity contribution in [3.8, 4) is 11.5 Å². The standard InChI is InChI=1S/C24H29NO7/c1-7-32-24(28)18-13(3)25-15-11-12(2)17(23(27)31-6)21(26)20(15)19(18)14-9-8-10-16(29-4)22(14)30-5/h8-10,12,17,19,25H,7,11H2,1-6H3. The van der Waals surface area contributed by atoms with Gasteiger partial charge < -0.3 is 24.3 Å². The molecule has 0 spiro atoms. The van der Waals surface area contributed by atoms with Crippen LogP contribution < -0.4 is 14.8 Å². The van der Waals surface area contributed by atoms with Crippen molar-refractivity contribution in [3.05, 3.63) is 46.3 Å². The first-order valence-corrected chi connectivity index (χ1v) is 10.5. The minimum absolute atomic E-state index is 0.180. The third-order valence-electron chi connectivity index (χ3n) is 5.98. The van der Waals surface area contributed by atoms with Crippen molar-refractivity contribution in [2.24, 2.45) is 11.8 Å². The highest BCUT2D eigenvalue weighted by atomic mass is 16.5. The minimum atomic E-state index is -0.957. The summed E-state index contributed by atoms with van der Waals surface area (Å²) >= 11 is 0. The molecule has 2 aliphatic rings. The molecule has 0 aromatic heterocycles. The maximum atomic E-state index is 13.7. The molecule has 0 saturated heterocycles. The third-order valence-corrected chi connectivity index (χ3v) is 5.98. The number of rotatable bonds is 6. The number of ketones is 1. The Morgan fingerprint density at radius 2 is 1.88 bits per heavy atom. The number of carbonyl (C=O) groups is 3. The normalized spacial score (nSPS) is 22.7. The Hall–Kier alpha value is -3.29. The summed E-state index contributed by atoms with van der Waals surface area (Å²) in [4.78, 5) is 39.2. The molecule has 0 fully saturated rings. The molecule has 0 saturated carbocycles. The van der Waals surface area contributed by atoms with E-state index in [1.165, 1.54) is 21.3 Å². The van der Waals surface area contributed by atoms with Crippen LogP contribution in [0.15, 0.2) is 40.7 Å². The zero-order valence-electron chi connectivity index (χ0n) is 19.2. The van der Waals surface area contributed by atoms with Crippen LogP contribution in [-0.2, 0) is 23.9 Å². The molecule has 8 heteroatoms. The highest BCUT2D eigenvalue weighted by molar-refractivity contribution is 6.12. The summed E-state index contributed by atoms with van der Waals surface area (Å²) in [5.74, 6) is -2.64. The van der Waals surface area contributed by atoms with Crippen molar-refractivity contribution in [2.75, 3.05) is 27.9 Å². The van der Waals surface area contributed by atoms with Crippen LogP contribution in [0.4, 0.5) is 0 Å². The van der Waals surface area contributed by atoms with E-state index in [2.05, 4.69) is 5.32 Å². The van der Waals surface area contributed by atoms with Gasteiger partial charge in [-0.25, -0.2) is 4.79 Å². The van der Waals surface area contributed by atoms with E-state index in [0.717, 1.165) is 0 Å². The van der Waals surface area contributed by atoms with Crippen LogP contribution in [0.3, 0.4) is 0 Å². The zero-order valence-corrected chi connectivity index (χ0v) is 19.2. The van der Waals surface area contributed by atoms with Crippen LogP contribution >= 0.6 is 0 Å². The predicted molar refractivity (Wildman–Crippen MR) is 116 cm³/mol. The number of ether oxygens (including phenoxy) is 4. The average Bonchev–Trinajstić information content (AvgIpc) is 2.77. The molecule has 1 aromatic carbocycles. The molecule has 8 nitrogen and oxygen atoms in total. The Labute approximate surface area is 187 Å². The average molecular weight is 443 g/mol. The van der Waals surface area contributed by atoms with E-state index >= 15 is 0 Å². The van der Waals surface area contributed by atoms with Gasteiger partial charge in [0.15, 0.2) is 17.3 Å². The van der Waals surface area contributed by atoms with Gasteiger partial charge in [0, 0.05) is 22.5 Å². The number of dihydropyridines is 1. The second kappa shape index (κ2) is 9.46. The molecule has 0 radical (unpaired) electrons. The lowest BCUT2D eigenvalue weighted by molar-refractivity contribution is -0.151. The van der Waals surface area contributed by atoms with E-state index in [1.807, 2.05) is 6.92 Å². The molecular weight excluding hydrogens is 414 g/mol. The number of para-hydroxylation sites is 1. The molecule has 32 heavy (non-hydrogen) atoms. The van der Waals surface area contributed by atoms with Crippen molar-refractivity contribution in [1.82, 2.24) is 5.32 Å². The van der Waals surface area contributed by atoms with Gasteiger partial charge in [-0.15, -0.1) is 0 Å². The van der Waals surface area contributed by atoms with Crippen molar-refractivity contribution in [3.63, 3.8) is 0 Å². The van der Waals surface area contributed by atoms with Crippen molar-refractivity contribution in [1.29, 1.82) is 0 Å². The molecule has 0 amide bonds. The summed E-state index contributed by atoms with van der Waals surface area (Å²) in [7, 11) is 4.28. The summed E-state index contributed by atoms with van der Waals surface area (Å²) in [6, 6.07) is 5.29. The number of carbonyl (C=O) groups excluding carboxylic acids is 3. The summed E-state index contributed by atoms with van der Waals surface area (Å²) < 4.78 is 21.3. The van der Waals surface area contributed by atoms with Crippen molar-refractivity contribution < 1.29 is 33.3 Å². The molecule has 3 rings (SSSR count). The smallest absolute Gasteiger partial charge is 0.336 e. The van der Waals surface area contributed by atoms with Crippen LogP contribution in [0.5, 0.6) is 11.5 Å². The molecule has 1 N–H and O–H groups in total. The minimum Gasteiger partial charge on any atom is -0.493 e. The summed E-state index contributed by atoms with van der Waals surface area (Å²) in [5.41, 5.74) is 2.49. The van der Waals surface area contributed by atoms with E-state index in [9.17, 15) is 14.4 Å². The van der Waals surface area contributed by atoms with Gasteiger partial charge in [0.25, 0.3) is 0 Å². The summed E-state index contributed by atoms with van der Waals surface area (Å²) in [5, 5.41) is 3.23. The van der Waals surface area contributed by atoms with Gasteiger partial charge in [-0.3, -0.25) is 9.59 Å². The quantitative estimate of drug-likeness (QED) is 0.529. The molecule has 172 valence electrons. The lowest BCUT2D eigenvalue weighted by Crippen LogP contribution is -2.43. The maximum Gasteiger partial charge on any atom is 0.336 e. The fraction of sp³-hybridized carbons (Fsp3) is 0.458. The Morgan fingerprint density at radius 3 is 2.47 bits per heavy atom. The first-order valence-electron chi connectivity index (χ1n) is 10.5. The molecule has 1 aliphatic carbocycles.